The first-order valence-electron chi connectivity index (χ1n) is 6.08. The minimum absolute atomic E-state index is 0.118. The zero-order valence-electron chi connectivity index (χ0n) is 10.7. The zero-order chi connectivity index (χ0) is 13.6. The maximum atomic E-state index is 12.0. The van der Waals surface area contributed by atoms with Gasteiger partial charge in [-0.05, 0) is 26.7 Å². The van der Waals surface area contributed by atoms with Crippen molar-refractivity contribution in [3.63, 3.8) is 0 Å². The smallest absolute Gasteiger partial charge is 0.314 e. The lowest BCUT2D eigenvalue weighted by atomic mass is 10.1. The number of hydrogen-bond acceptors (Lipinski definition) is 3. The van der Waals surface area contributed by atoms with E-state index in [1.54, 1.807) is 11.3 Å². The molecule has 1 heterocycles. The molecular weight excluding hydrogens is 261 g/mol. The van der Waals surface area contributed by atoms with Crippen LogP contribution in [0.1, 0.15) is 36.9 Å². The van der Waals surface area contributed by atoms with Crippen LogP contribution >= 0.6 is 11.3 Å². The van der Waals surface area contributed by atoms with Gasteiger partial charge in [0.25, 0.3) is 0 Å². The summed E-state index contributed by atoms with van der Waals surface area (Å²) in [6.07, 6.45) is -3.15. The number of aryl methyl sites for hydroxylation is 1. The highest BCUT2D eigenvalue weighted by molar-refractivity contribution is 7.09. The van der Waals surface area contributed by atoms with Crippen LogP contribution in [0.2, 0.25) is 0 Å². The molecular formula is C12H19F3N2S. The summed E-state index contributed by atoms with van der Waals surface area (Å²) in [5.41, 5.74) is 1.05. The molecule has 104 valence electrons. The Kier molecular flexibility index (Phi) is 6.08. The number of hydrogen-bond donors (Lipinski definition) is 1. The summed E-state index contributed by atoms with van der Waals surface area (Å²) in [5.74, 6) is 0. The van der Waals surface area contributed by atoms with Crippen molar-refractivity contribution in [1.82, 2.24) is 10.3 Å². The third kappa shape index (κ3) is 6.96. The molecule has 6 heteroatoms. The van der Waals surface area contributed by atoms with Gasteiger partial charge in [-0.25, -0.2) is 4.98 Å². The van der Waals surface area contributed by atoms with Crippen LogP contribution in [0, 0.1) is 6.92 Å². The summed E-state index contributed by atoms with van der Waals surface area (Å²) in [4.78, 5) is 4.33. The van der Waals surface area contributed by atoms with Gasteiger partial charge in [0.05, 0.1) is 10.7 Å². The van der Waals surface area contributed by atoms with Crippen molar-refractivity contribution in [3.8, 4) is 0 Å². The molecule has 1 atom stereocenters. The Morgan fingerprint density at radius 2 is 2.17 bits per heavy atom. The van der Waals surface area contributed by atoms with Gasteiger partial charge in [0.1, 0.15) is 0 Å². The quantitative estimate of drug-likeness (QED) is 0.823. The molecule has 1 aromatic rings. The van der Waals surface area contributed by atoms with Gasteiger partial charge in [-0.3, -0.25) is 0 Å². The summed E-state index contributed by atoms with van der Waals surface area (Å²) >= 11 is 1.62. The molecule has 0 aliphatic rings. The Balaban J connectivity index is 2.08. The second-order valence-corrected chi connectivity index (χ2v) is 5.53. The fraction of sp³-hybridized carbons (Fsp3) is 0.750. The Morgan fingerprint density at radius 1 is 1.44 bits per heavy atom. The van der Waals surface area contributed by atoms with Crippen LogP contribution in [0.5, 0.6) is 0 Å². The van der Waals surface area contributed by atoms with Gasteiger partial charge in [0.2, 0.25) is 0 Å². The summed E-state index contributed by atoms with van der Waals surface area (Å²) in [6.45, 7) is 4.64. The van der Waals surface area contributed by atoms with Gasteiger partial charge in [-0.2, -0.15) is 13.2 Å². The average molecular weight is 280 g/mol. The van der Waals surface area contributed by atoms with E-state index in [4.69, 9.17) is 0 Å². The average Bonchev–Trinajstić information content (AvgIpc) is 2.62. The van der Waals surface area contributed by atoms with Crippen LogP contribution in [-0.2, 0) is 6.42 Å². The summed E-state index contributed by atoms with van der Waals surface area (Å²) in [5, 5.41) is 6.29. The van der Waals surface area contributed by atoms with E-state index in [1.165, 1.54) is 0 Å². The first-order valence-corrected chi connectivity index (χ1v) is 6.96. The monoisotopic (exact) mass is 280 g/mol. The van der Waals surface area contributed by atoms with Crippen LogP contribution < -0.4 is 5.32 Å². The highest BCUT2D eigenvalue weighted by Crippen LogP contribution is 2.22. The van der Waals surface area contributed by atoms with Crippen LogP contribution in [0.15, 0.2) is 5.38 Å². The van der Waals surface area contributed by atoms with Gasteiger partial charge in [-0.15, -0.1) is 11.3 Å². The lowest BCUT2D eigenvalue weighted by Gasteiger charge is -2.13. The lowest BCUT2D eigenvalue weighted by molar-refractivity contribution is -0.135. The Hall–Kier alpha value is -0.620. The normalized spacial score (nSPS) is 13.8. The molecule has 18 heavy (non-hydrogen) atoms. The predicted molar refractivity (Wildman–Crippen MR) is 67.9 cm³/mol. The van der Waals surface area contributed by atoms with Gasteiger partial charge in [0.15, 0.2) is 0 Å². The van der Waals surface area contributed by atoms with Crippen molar-refractivity contribution < 1.29 is 13.2 Å². The Bertz CT molecular complexity index is 349. The maximum absolute atomic E-state index is 12.0. The molecule has 0 fully saturated rings. The predicted octanol–water partition coefficient (Wildman–Crippen LogP) is 3.70. The van der Waals surface area contributed by atoms with Crippen LogP contribution in [0.25, 0.3) is 0 Å². The Labute approximate surface area is 110 Å². The summed E-state index contributed by atoms with van der Waals surface area (Å²) in [6, 6.07) is 0.118. The van der Waals surface area contributed by atoms with Gasteiger partial charge >= 0.3 is 6.18 Å². The molecule has 0 spiro atoms. The number of aromatic nitrogens is 1. The van der Waals surface area contributed by atoms with E-state index in [9.17, 15) is 13.2 Å². The third-order valence-corrected chi connectivity index (χ3v) is 3.46. The van der Waals surface area contributed by atoms with E-state index in [1.807, 2.05) is 19.2 Å². The van der Waals surface area contributed by atoms with E-state index in [0.717, 1.165) is 23.7 Å². The fourth-order valence-electron chi connectivity index (χ4n) is 1.68. The molecule has 1 rings (SSSR count). The number of rotatable bonds is 7. The van der Waals surface area contributed by atoms with E-state index in [0.29, 0.717) is 6.42 Å². The van der Waals surface area contributed by atoms with Crippen LogP contribution in [-0.4, -0.2) is 23.7 Å². The topological polar surface area (TPSA) is 24.9 Å². The minimum Gasteiger partial charge on any atom is -0.314 e. The molecule has 0 bridgehead atoms. The van der Waals surface area contributed by atoms with Crippen molar-refractivity contribution in [3.05, 3.63) is 16.1 Å². The zero-order valence-corrected chi connectivity index (χ0v) is 11.5. The molecule has 1 aromatic heterocycles. The van der Waals surface area contributed by atoms with Gasteiger partial charge in [-0.1, -0.05) is 0 Å². The molecule has 0 aliphatic heterocycles. The van der Waals surface area contributed by atoms with Gasteiger partial charge in [0, 0.05) is 30.8 Å². The highest BCUT2D eigenvalue weighted by Gasteiger charge is 2.26. The second-order valence-electron chi connectivity index (χ2n) is 4.47. The van der Waals surface area contributed by atoms with Crippen molar-refractivity contribution in [1.29, 1.82) is 0 Å². The van der Waals surface area contributed by atoms with Crippen molar-refractivity contribution >= 4 is 11.3 Å². The molecule has 0 radical (unpaired) electrons. The van der Waals surface area contributed by atoms with E-state index in [2.05, 4.69) is 10.3 Å². The number of alkyl halides is 3. The van der Waals surface area contributed by atoms with Crippen molar-refractivity contribution in [2.24, 2.45) is 0 Å². The summed E-state index contributed by atoms with van der Waals surface area (Å²) < 4.78 is 35.9. The second kappa shape index (κ2) is 7.09. The summed E-state index contributed by atoms with van der Waals surface area (Å²) in [7, 11) is 0. The standard InChI is InChI=1S/C12H19F3N2S/c1-9(4-3-6-12(13,14)15)16-7-5-11-8-18-10(2)17-11/h8-9,16H,3-7H2,1-2H3. The minimum atomic E-state index is -4.03. The number of halogens is 3. The number of nitrogens with one attached hydrogen (secondary N) is 1. The van der Waals surface area contributed by atoms with Crippen molar-refractivity contribution in [2.75, 3.05) is 6.54 Å². The SMILES string of the molecule is Cc1nc(CCNC(C)CCCC(F)(F)F)cs1. The van der Waals surface area contributed by atoms with E-state index in [-0.39, 0.29) is 12.5 Å². The molecule has 0 amide bonds. The molecule has 1 unspecified atom stereocenters. The Morgan fingerprint density at radius 3 is 2.72 bits per heavy atom. The van der Waals surface area contributed by atoms with Crippen molar-refractivity contribution in [2.45, 2.75) is 51.7 Å². The lowest BCUT2D eigenvalue weighted by Crippen LogP contribution is -2.28. The largest absolute Gasteiger partial charge is 0.389 e. The molecule has 1 N–H and O–H groups in total. The third-order valence-electron chi connectivity index (χ3n) is 2.64. The molecule has 2 nitrogen and oxygen atoms in total. The van der Waals surface area contributed by atoms with Gasteiger partial charge < -0.3 is 5.32 Å². The molecule has 0 saturated carbocycles. The number of thiazole rings is 1. The maximum Gasteiger partial charge on any atom is 0.389 e. The molecule has 0 aromatic carbocycles. The van der Waals surface area contributed by atoms with E-state index < -0.39 is 12.6 Å². The fourth-order valence-corrected chi connectivity index (χ4v) is 2.33. The highest BCUT2D eigenvalue weighted by atomic mass is 32.1. The first kappa shape index (κ1) is 15.4. The molecule has 0 saturated heterocycles. The molecule has 0 aliphatic carbocycles. The first-order chi connectivity index (χ1) is 8.37. The van der Waals surface area contributed by atoms with Crippen LogP contribution in [0.4, 0.5) is 13.2 Å². The number of nitrogens with zero attached hydrogens (tertiary/aromatic N) is 1. The van der Waals surface area contributed by atoms with Crippen LogP contribution in [0.3, 0.4) is 0 Å². The van der Waals surface area contributed by atoms with E-state index >= 15 is 0 Å².